The minimum absolute atomic E-state index is 0.0340. The number of carbonyl (C=O) groups is 1. The molecule has 5 nitrogen and oxygen atoms in total. The molecule has 1 aliphatic rings. The van der Waals surface area contributed by atoms with Gasteiger partial charge in [0.2, 0.25) is 0 Å². The number of aliphatic hydroxyl groups is 1. The average molecular weight is 294 g/mol. The molecule has 1 fully saturated rings. The van der Waals surface area contributed by atoms with Crippen LogP contribution in [0.2, 0.25) is 0 Å². The van der Waals surface area contributed by atoms with Crippen molar-refractivity contribution >= 4 is 5.91 Å². The second-order valence-electron chi connectivity index (χ2n) is 4.91. The Kier molecular flexibility index (Phi) is 3.42. The first kappa shape index (κ1) is 13.7. The molecule has 2 heterocycles. The van der Waals surface area contributed by atoms with Crippen LogP contribution in [0.25, 0.3) is 0 Å². The molecule has 0 radical (unpaired) electrons. The average Bonchev–Trinajstić information content (AvgIpc) is 3.10. The number of hydrogen-bond donors (Lipinski definition) is 1. The standard InChI is InChI=1S/C14H12F2N2O3/c15-8-1-2-11(16)10(5-8)13-6-9(19)7-18(13)14(20)12-3-4-21-17-12/h1-5,9,13,19H,6-7H2/t9-,13-/m0/s1. The van der Waals surface area contributed by atoms with Crippen LogP contribution in [0.15, 0.2) is 35.1 Å². The van der Waals surface area contributed by atoms with E-state index in [4.69, 9.17) is 0 Å². The van der Waals surface area contributed by atoms with E-state index in [0.29, 0.717) is 0 Å². The summed E-state index contributed by atoms with van der Waals surface area (Å²) in [4.78, 5) is 13.6. The summed E-state index contributed by atoms with van der Waals surface area (Å²) in [5.74, 6) is -1.70. The molecule has 7 heteroatoms. The Bertz CT molecular complexity index is 660. The Morgan fingerprint density at radius 3 is 2.90 bits per heavy atom. The molecular formula is C14H12F2N2O3. The highest BCUT2D eigenvalue weighted by atomic mass is 19.1. The molecular weight excluding hydrogens is 282 g/mol. The van der Waals surface area contributed by atoms with Crippen molar-refractivity contribution in [1.29, 1.82) is 0 Å². The van der Waals surface area contributed by atoms with E-state index in [9.17, 15) is 18.7 Å². The van der Waals surface area contributed by atoms with Crippen LogP contribution >= 0.6 is 0 Å². The lowest BCUT2D eigenvalue weighted by Crippen LogP contribution is -2.32. The molecule has 2 atom stereocenters. The summed E-state index contributed by atoms with van der Waals surface area (Å²) in [5.41, 5.74) is 0.106. The van der Waals surface area contributed by atoms with Gasteiger partial charge in [0.25, 0.3) is 5.91 Å². The van der Waals surface area contributed by atoms with Gasteiger partial charge >= 0.3 is 0 Å². The van der Waals surface area contributed by atoms with Crippen LogP contribution in [0.1, 0.15) is 28.5 Å². The van der Waals surface area contributed by atoms with Gasteiger partial charge in [-0.25, -0.2) is 8.78 Å². The second-order valence-corrected chi connectivity index (χ2v) is 4.91. The first-order valence-electron chi connectivity index (χ1n) is 6.40. The van der Waals surface area contributed by atoms with E-state index in [1.807, 2.05) is 0 Å². The minimum Gasteiger partial charge on any atom is -0.391 e. The maximum Gasteiger partial charge on any atom is 0.276 e. The maximum atomic E-state index is 13.9. The van der Waals surface area contributed by atoms with Crippen molar-refractivity contribution in [2.24, 2.45) is 0 Å². The van der Waals surface area contributed by atoms with Gasteiger partial charge in [0.05, 0.1) is 12.1 Å². The lowest BCUT2D eigenvalue weighted by Gasteiger charge is -2.24. The molecule has 1 aromatic carbocycles. The van der Waals surface area contributed by atoms with Gasteiger partial charge < -0.3 is 14.5 Å². The van der Waals surface area contributed by atoms with Crippen LogP contribution in [0.5, 0.6) is 0 Å². The number of halogens is 2. The highest BCUT2D eigenvalue weighted by molar-refractivity contribution is 5.92. The van der Waals surface area contributed by atoms with Crippen molar-refractivity contribution in [2.45, 2.75) is 18.6 Å². The number of amides is 1. The molecule has 0 aliphatic carbocycles. The lowest BCUT2D eigenvalue weighted by atomic mass is 10.0. The van der Waals surface area contributed by atoms with Crippen molar-refractivity contribution in [3.05, 3.63) is 53.4 Å². The quantitative estimate of drug-likeness (QED) is 0.918. The smallest absolute Gasteiger partial charge is 0.276 e. The van der Waals surface area contributed by atoms with Crippen LogP contribution in [0.3, 0.4) is 0 Å². The zero-order valence-corrected chi connectivity index (χ0v) is 10.9. The van der Waals surface area contributed by atoms with Crippen molar-refractivity contribution in [3.8, 4) is 0 Å². The second kappa shape index (κ2) is 5.25. The van der Waals surface area contributed by atoms with Gasteiger partial charge in [0.15, 0.2) is 5.69 Å². The molecule has 1 saturated heterocycles. The Labute approximate surface area is 118 Å². The number of rotatable bonds is 2. The number of nitrogens with zero attached hydrogens (tertiary/aromatic N) is 2. The number of hydrogen-bond acceptors (Lipinski definition) is 4. The molecule has 3 rings (SSSR count). The number of aliphatic hydroxyl groups excluding tert-OH is 1. The summed E-state index contributed by atoms with van der Waals surface area (Å²) >= 11 is 0. The number of β-amino-alcohol motifs (C(OH)–C–C–N with tert-alkyl or cyclic N) is 1. The summed E-state index contributed by atoms with van der Waals surface area (Å²) in [7, 11) is 0. The van der Waals surface area contributed by atoms with Crippen molar-refractivity contribution < 1.29 is 23.2 Å². The molecule has 0 spiro atoms. The summed E-state index contributed by atoms with van der Waals surface area (Å²) in [6.45, 7) is 0.0340. The molecule has 110 valence electrons. The summed E-state index contributed by atoms with van der Waals surface area (Å²) in [6.07, 6.45) is 0.593. The molecule has 0 unspecified atom stereocenters. The predicted octanol–water partition coefficient (Wildman–Crippen LogP) is 1.90. The first-order valence-corrected chi connectivity index (χ1v) is 6.40. The van der Waals surface area contributed by atoms with E-state index in [0.717, 1.165) is 18.2 Å². The van der Waals surface area contributed by atoms with Gasteiger partial charge in [-0.05, 0) is 24.6 Å². The Hall–Kier alpha value is -2.28. The largest absolute Gasteiger partial charge is 0.391 e. The molecule has 1 aromatic heterocycles. The third-order valence-corrected chi connectivity index (χ3v) is 3.51. The van der Waals surface area contributed by atoms with E-state index in [1.165, 1.54) is 17.2 Å². The number of aromatic nitrogens is 1. The van der Waals surface area contributed by atoms with Gasteiger partial charge in [-0.3, -0.25) is 4.79 Å². The van der Waals surface area contributed by atoms with Gasteiger partial charge in [-0.2, -0.15) is 0 Å². The monoisotopic (exact) mass is 294 g/mol. The van der Waals surface area contributed by atoms with E-state index >= 15 is 0 Å². The molecule has 2 aromatic rings. The molecule has 0 saturated carbocycles. The van der Waals surface area contributed by atoms with Gasteiger partial charge in [-0.1, -0.05) is 5.16 Å². The fourth-order valence-electron chi connectivity index (χ4n) is 2.57. The van der Waals surface area contributed by atoms with Crippen LogP contribution in [-0.2, 0) is 0 Å². The molecule has 1 aliphatic heterocycles. The van der Waals surface area contributed by atoms with Crippen LogP contribution in [-0.4, -0.2) is 33.7 Å². The number of benzene rings is 1. The predicted molar refractivity (Wildman–Crippen MR) is 67.3 cm³/mol. The summed E-state index contributed by atoms with van der Waals surface area (Å²) in [5, 5.41) is 13.3. The fraction of sp³-hybridized carbons (Fsp3) is 0.286. The highest BCUT2D eigenvalue weighted by Gasteiger charge is 2.38. The molecule has 1 amide bonds. The van der Waals surface area contributed by atoms with E-state index in [2.05, 4.69) is 9.68 Å². The molecule has 1 N–H and O–H groups in total. The van der Waals surface area contributed by atoms with Crippen molar-refractivity contribution in [1.82, 2.24) is 10.1 Å². The van der Waals surface area contributed by atoms with Crippen LogP contribution < -0.4 is 0 Å². The van der Waals surface area contributed by atoms with Gasteiger partial charge in [0.1, 0.15) is 17.9 Å². The Balaban J connectivity index is 1.96. The van der Waals surface area contributed by atoms with Gasteiger partial charge in [-0.15, -0.1) is 0 Å². The Morgan fingerprint density at radius 1 is 1.38 bits per heavy atom. The molecule has 21 heavy (non-hydrogen) atoms. The fourth-order valence-corrected chi connectivity index (χ4v) is 2.57. The lowest BCUT2D eigenvalue weighted by molar-refractivity contribution is 0.0703. The third-order valence-electron chi connectivity index (χ3n) is 3.51. The highest BCUT2D eigenvalue weighted by Crippen LogP contribution is 2.34. The zero-order chi connectivity index (χ0) is 15.0. The molecule has 0 bridgehead atoms. The van der Waals surface area contributed by atoms with Gasteiger partial charge in [0, 0.05) is 18.2 Å². The van der Waals surface area contributed by atoms with Crippen molar-refractivity contribution in [3.63, 3.8) is 0 Å². The third kappa shape index (κ3) is 2.52. The van der Waals surface area contributed by atoms with Crippen LogP contribution in [0, 0.1) is 11.6 Å². The first-order chi connectivity index (χ1) is 10.1. The van der Waals surface area contributed by atoms with Crippen LogP contribution in [0.4, 0.5) is 8.78 Å². The topological polar surface area (TPSA) is 66.6 Å². The van der Waals surface area contributed by atoms with E-state index < -0.39 is 29.7 Å². The van der Waals surface area contributed by atoms with E-state index in [1.54, 1.807) is 0 Å². The summed E-state index contributed by atoms with van der Waals surface area (Å²) < 4.78 is 31.9. The number of carbonyl (C=O) groups excluding carboxylic acids is 1. The zero-order valence-electron chi connectivity index (χ0n) is 10.9. The number of likely N-dealkylation sites (tertiary alicyclic amines) is 1. The Morgan fingerprint density at radius 2 is 2.19 bits per heavy atom. The minimum atomic E-state index is -0.798. The van der Waals surface area contributed by atoms with E-state index in [-0.39, 0.29) is 24.2 Å². The summed E-state index contributed by atoms with van der Waals surface area (Å²) in [6, 6.07) is 3.70. The normalized spacial score (nSPS) is 21.8. The maximum absolute atomic E-state index is 13.9. The SMILES string of the molecule is O=C(c1ccon1)N1C[C@@H](O)C[C@H]1c1cc(F)ccc1F. The van der Waals surface area contributed by atoms with Crippen molar-refractivity contribution in [2.75, 3.05) is 6.54 Å².